The van der Waals surface area contributed by atoms with Gasteiger partial charge in [0.1, 0.15) is 0 Å². The molecule has 1 aliphatic heterocycles. The van der Waals surface area contributed by atoms with Crippen LogP contribution in [-0.4, -0.2) is 37.9 Å². The second-order valence-electron chi connectivity index (χ2n) is 4.47. The van der Waals surface area contributed by atoms with Gasteiger partial charge in [-0.2, -0.15) is 0 Å². The zero-order valence-corrected chi connectivity index (χ0v) is 11.3. The summed E-state index contributed by atoms with van der Waals surface area (Å²) in [6, 6.07) is 5.86. The number of fused-ring (bicyclic) bond motifs is 1. The van der Waals surface area contributed by atoms with Crippen molar-refractivity contribution in [2.45, 2.75) is 19.9 Å². The standard InChI is InChI=1S/C14H19NO4/c1-3-6-15(9-14(16)17-2)8-11-4-5-12-13(7-11)19-10-18-12/h4-5,7H,3,6,8-10H2,1-2H3. The number of hydrogen-bond acceptors (Lipinski definition) is 5. The molecular formula is C14H19NO4. The minimum Gasteiger partial charge on any atom is -0.468 e. The second kappa shape index (κ2) is 6.43. The Morgan fingerprint density at radius 3 is 2.89 bits per heavy atom. The fourth-order valence-corrected chi connectivity index (χ4v) is 2.07. The molecule has 0 aliphatic carbocycles. The molecule has 0 saturated heterocycles. The predicted octanol–water partition coefficient (Wildman–Crippen LogP) is 1.80. The van der Waals surface area contributed by atoms with Crippen LogP contribution in [-0.2, 0) is 16.1 Å². The van der Waals surface area contributed by atoms with Crippen LogP contribution in [0.1, 0.15) is 18.9 Å². The fourth-order valence-electron chi connectivity index (χ4n) is 2.07. The molecule has 0 radical (unpaired) electrons. The Morgan fingerprint density at radius 2 is 2.16 bits per heavy atom. The van der Waals surface area contributed by atoms with Gasteiger partial charge in [-0.15, -0.1) is 0 Å². The van der Waals surface area contributed by atoms with Crippen molar-refractivity contribution in [1.29, 1.82) is 0 Å². The van der Waals surface area contributed by atoms with Gasteiger partial charge >= 0.3 is 5.97 Å². The van der Waals surface area contributed by atoms with E-state index < -0.39 is 0 Å². The van der Waals surface area contributed by atoms with Gasteiger partial charge in [-0.3, -0.25) is 9.69 Å². The van der Waals surface area contributed by atoms with Gasteiger partial charge in [0, 0.05) is 6.54 Å². The lowest BCUT2D eigenvalue weighted by Crippen LogP contribution is -2.30. The lowest BCUT2D eigenvalue weighted by molar-refractivity contribution is -0.142. The van der Waals surface area contributed by atoms with Crippen molar-refractivity contribution in [3.63, 3.8) is 0 Å². The second-order valence-corrected chi connectivity index (χ2v) is 4.47. The number of carbonyl (C=O) groups excluding carboxylic acids is 1. The van der Waals surface area contributed by atoms with E-state index in [-0.39, 0.29) is 12.8 Å². The molecule has 5 heteroatoms. The molecule has 5 nitrogen and oxygen atoms in total. The SMILES string of the molecule is CCCN(CC(=O)OC)Cc1ccc2c(c1)OCO2. The summed E-state index contributed by atoms with van der Waals surface area (Å²) in [4.78, 5) is 13.4. The Morgan fingerprint density at radius 1 is 1.37 bits per heavy atom. The van der Waals surface area contributed by atoms with E-state index in [0.717, 1.165) is 30.0 Å². The van der Waals surface area contributed by atoms with E-state index >= 15 is 0 Å². The Bertz CT molecular complexity index is 447. The molecular weight excluding hydrogens is 246 g/mol. The number of ether oxygens (including phenoxy) is 3. The van der Waals surface area contributed by atoms with Crippen LogP contribution in [0.4, 0.5) is 0 Å². The molecule has 19 heavy (non-hydrogen) atoms. The third kappa shape index (κ3) is 3.61. The zero-order valence-electron chi connectivity index (χ0n) is 11.3. The molecule has 1 aromatic rings. The average Bonchev–Trinajstić information content (AvgIpc) is 2.86. The van der Waals surface area contributed by atoms with Gasteiger partial charge in [0.15, 0.2) is 11.5 Å². The van der Waals surface area contributed by atoms with Crippen LogP contribution in [0, 0.1) is 0 Å². The van der Waals surface area contributed by atoms with Crippen molar-refractivity contribution < 1.29 is 19.0 Å². The quantitative estimate of drug-likeness (QED) is 0.734. The number of methoxy groups -OCH3 is 1. The topological polar surface area (TPSA) is 48.0 Å². The van der Waals surface area contributed by atoms with Gasteiger partial charge in [0.05, 0.1) is 13.7 Å². The van der Waals surface area contributed by atoms with E-state index in [1.807, 2.05) is 18.2 Å². The summed E-state index contributed by atoms with van der Waals surface area (Å²) in [7, 11) is 1.41. The molecule has 1 aromatic carbocycles. The third-order valence-corrected chi connectivity index (χ3v) is 2.96. The van der Waals surface area contributed by atoms with Crippen molar-refractivity contribution in [2.24, 2.45) is 0 Å². The minimum absolute atomic E-state index is 0.214. The molecule has 0 atom stereocenters. The van der Waals surface area contributed by atoms with Crippen LogP contribution in [0.3, 0.4) is 0 Å². The van der Waals surface area contributed by atoms with Crippen LogP contribution in [0.15, 0.2) is 18.2 Å². The van der Waals surface area contributed by atoms with E-state index in [1.54, 1.807) is 0 Å². The van der Waals surface area contributed by atoms with Crippen LogP contribution in [0.2, 0.25) is 0 Å². The Labute approximate surface area is 113 Å². The Hall–Kier alpha value is -1.75. The molecule has 1 aliphatic rings. The van der Waals surface area contributed by atoms with Gasteiger partial charge in [0.25, 0.3) is 0 Å². The average molecular weight is 265 g/mol. The van der Waals surface area contributed by atoms with Crippen LogP contribution in [0.25, 0.3) is 0 Å². The monoisotopic (exact) mass is 265 g/mol. The summed E-state index contributed by atoms with van der Waals surface area (Å²) in [5, 5.41) is 0. The molecule has 0 N–H and O–H groups in total. The summed E-state index contributed by atoms with van der Waals surface area (Å²) in [6.45, 7) is 4.21. The normalized spacial score (nSPS) is 12.8. The summed E-state index contributed by atoms with van der Waals surface area (Å²) in [5.74, 6) is 1.33. The highest BCUT2D eigenvalue weighted by atomic mass is 16.7. The maximum atomic E-state index is 11.4. The summed E-state index contributed by atoms with van der Waals surface area (Å²) >= 11 is 0. The van der Waals surface area contributed by atoms with E-state index in [4.69, 9.17) is 14.2 Å². The summed E-state index contributed by atoms with van der Waals surface area (Å²) in [6.07, 6.45) is 0.988. The first-order valence-electron chi connectivity index (χ1n) is 6.40. The van der Waals surface area contributed by atoms with E-state index in [9.17, 15) is 4.79 Å². The van der Waals surface area contributed by atoms with Crippen molar-refractivity contribution in [2.75, 3.05) is 27.0 Å². The molecule has 0 bridgehead atoms. The molecule has 0 amide bonds. The van der Waals surface area contributed by atoms with Gasteiger partial charge in [-0.25, -0.2) is 0 Å². The van der Waals surface area contributed by atoms with Gasteiger partial charge in [-0.1, -0.05) is 13.0 Å². The minimum atomic E-state index is -0.214. The third-order valence-electron chi connectivity index (χ3n) is 2.96. The molecule has 0 saturated carbocycles. The lowest BCUT2D eigenvalue weighted by Gasteiger charge is -2.20. The first kappa shape index (κ1) is 13.7. The molecule has 2 rings (SSSR count). The lowest BCUT2D eigenvalue weighted by atomic mass is 10.2. The smallest absolute Gasteiger partial charge is 0.319 e. The van der Waals surface area contributed by atoms with Crippen molar-refractivity contribution in [3.8, 4) is 11.5 Å². The highest BCUT2D eigenvalue weighted by molar-refractivity contribution is 5.71. The molecule has 0 spiro atoms. The van der Waals surface area contributed by atoms with Gasteiger partial charge < -0.3 is 14.2 Å². The zero-order chi connectivity index (χ0) is 13.7. The number of nitrogens with zero attached hydrogens (tertiary/aromatic N) is 1. The Balaban J connectivity index is 2.01. The maximum absolute atomic E-state index is 11.4. The maximum Gasteiger partial charge on any atom is 0.319 e. The van der Waals surface area contributed by atoms with Gasteiger partial charge in [-0.05, 0) is 30.7 Å². The van der Waals surface area contributed by atoms with Crippen LogP contribution < -0.4 is 9.47 Å². The number of rotatable bonds is 6. The van der Waals surface area contributed by atoms with E-state index in [2.05, 4.69) is 11.8 Å². The molecule has 0 fully saturated rings. The van der Waals surface area contributed by atoms with Crippen molar-refractivity contribution in [1.82, 2.24) is 4.90 Å². The highest BCUT2D eigenvalue weighted by Gasteiger charge is 2.15. The molecule has 0 aromatic heterocycles. The van der Waals surface area contributed by atoms with Crippen molar-refractivity contribution in [3.05, 3.63) is 23.8 Å². The van der Waals surface area contributed by atoms with Crippen LogP contribution in [0.5, 0.6) is 11.5 Å². The predicted molar refractivity (Wildman–Crippen MR) is 70.1 cm³/mol. The number of esters is 1. The number of benzene rings is 1. The molecule has 0 unspecified atom stereocenters. The largest absolute Gasteiger partial charge is 0.468 e. The summed E-state index contributed by atoms with van der Waals surface area (Å²) < 4.78 is 15.3. The van der Waals surface area contributed by atoms with E-state index in [0.29, 0.717) is 13.1 Å². The van der Waals surface area contributed by atoms with Crippen LogP contribution >= 0.6 is 0 Å². The first-order chi connectivity index (χ1) is 9.22. The molecule has 1 heterocycles. The van der Waals surface area contributed by atoms with Gasteiger partial charge in [0.2, 0.25) is 6.79 Å². The molecule has 104 valence electrons. The van der Waals surface area contributed by atoms with Crippen molar-refractivity contribution >= 4 is 5.97 Å². The number of hydrogen-bond donors (Lipinski definition) is 0. The fraction of sp³-hybridized carbons (Fsp3) is 0.500. The number of carbonyl (C=O) groups is 1. The van der Waals surface area contributed by atoms with E-state index in [1.165, 1.54) is 7.11 Å². The Kier molecular flexibility index (Phi) is 4.63. The first-order valence-corrected chi connectivity index (χ1v) is 6.40. The highest BCUT2D eigenvalue weighted by Crippen LogP contribution is 2.32. The summed E-state index contributed by atoms with van der Waals surface area (Å²) in [5.41, 5.74) is 1.10.